The van der Waals surface area contributed by atoms with Crippen molar-refractivity contribution in [2.45, 2.75) is 32.9 Å². The normalized spacial score (nSPS) is 15.0. The Hall–Kier alpha value is -1.00. The number of hydrogen-bond acceptors (Lipinski definition) is 2. The SMILES string of the molecule is CC(NC(CN(C)C)C(C)C)c1c(F)cccc1F. The molecule has 1 rings (SSSR count). The van der Waals surface area contributed by atoms with Crippen molar-refractivity contribution in [1.29, 1.82) is 0 Å². The first-order chi connectivity index (χ1) is 8.82. The summed E-state index contributed by atoms with van der Waals surface area (Å²) in [7, 11) is 3.98. The van der Waals surface area contributed by atoms with E-state index in [4.69, 9.17) is 0 Å². The molecule has 0 bridgehead atoms. The molecule has 2 nitrogen and oxygen atoms in total. The predicted molar refractivity (Wildman–Crippen MR) is 75.1 cm³/mol. The highest BCUT2D eigenvalue weighted by molar-refractivity contribution is 5.23. The molecular formula is C15H24F2N2. The fourth-order valence-electron chi connectivity index (χ4n) is 2.18. The molecule has 2 atom stereocenters. The van der Waals surface area contributed by atoms with Crippen LogP contribution in [0.1, 0.15) is 32.4 Å². The standard InChI is InChI=1S/C15H24F2N2/c1-10(2)14(9-19(4)5)18-11(3)15-12(16)7-6-8-13(15)17/h6-8,10-11,14,18H,9H2,1-5H3. The monoisotopic (exact) mass is 270 g/mol. The predicted octanol–water partition coefficient (Wildman–Crippen LogP) is 3.20. The number of benzene rings is 1. The number of rotatable bonds is 6. The second-order valence-corrected chi connectivity index (χ2v) is 5.64. The van der Waals surface area contributed by atoms with E-state index in [-0.39, 0.29) is 17.6 Å². The van der Waals surface area contributed by atoms with Gasteiger partial charge in [0.1, 0.15) is 11.6 Å². The molecule has 0 fully saturated rings. The summed E-state index contributed by atoms with van der Waals surface area (Å²) in [5.41, 5.74) is 0.118. The van der Waals surface area contributed by atoms with Crippen molar-refractivity contribution in [3.8, 4) is 0 Å². The molecule has 0 amide bonds. The maximum Gasteiger partial charge on any atom is 0.130 e. The molecule has 2 unspecified atom stereocenters. The molecule has 1 aromatic rings. The smallest absolute Gasteiger partial charge is 0.130 e. The second-order valence-electron chi connectivity index (χ2n) is 5.64. The van der Waals surface area contributed by atoms with Gasteiger partial charge in [0.2, 0.25) is 0 Å². The molecule has 0 heterocycles. The van der Waals surface area contributed by atoms with Gasteiger partial charge in [-0.05, 0) is 39.1 Å². The van der Waals surface area contributed by atoms with Crippen LogP contribution in [0, 0.1) is 17.6 Å². The molecule has 0 radical (unpaired) electrons. The van der Waals surface area contributed by atoms with Gasteiger partial charge in [0.05, 0.1) is 0 Å². The van der Waals surface area contributed by atoms with Gasteiger partial charge < -0.3 is 10.2 Å². The van der Waals surface area contributed by atoms with E-state index >= 15 is 0 Å². The van der Waals surface area contributed by atoms with Crippen molar-refractivity contribution in [2.75, 3.05) is 20.6 Å². The van der Waals surface area contributed by atoms with Crippen LogP contribution in [0.2, 0.25) is 0 Å². The van der Waals surface area contributed by atoms with Crippen molar-refractivity contribution >= 4 is 0 Å². The summed E-state index contributed by atoms with van der Waals surface area (Å²) in [6.45, 7) is 6.84. The first-order valence-corrected chi connectivity index (χ1v) is 6.67. The highest BCUT2D eigenvalue weighted by Crippen LogP contribution is 2.21. The van der Waals surface area contributed by atoms with Gasteiger partial charge in [-0.25, -0.2) is 8.78 Å². The molecule has 108 valence electrons. The van der Waals surface area contributed by atoms with Crippen molar-refractivity contribution in [1.82, 2.24) is 10.2 Å². The fourth-order valence-corrected chi connectivity index (χ4v) is 2.18. The zero-order chi connectivity index (χ0) is 14.6. The molecular weight excluding hydrogens is 246 g/mol. The van der Waals surface area contributed by atoms with Gasteiger partial charge in [0, 0.05) is 24.2 Å². The lowest BCUT2D eigenvalue weighted by Crippen LogP contribution is -2.43. The van der Waals surface area contributed by atoms with Gasteiger partial charge in [-0.3, -0.25) is 0 Å². The fraction of sp³-hybridized carbons (Fsp3) is 0.600. The van der Waals surface area contributed by atoms with Gasteiger partial charge in [-0.15, -0.1) is 0 Å². The average Bonchev–Trinajstić information content (AvgIpc) is 2.27. The minimum Gasteiger partial charge on any atom is -0.308 e. The van der Waals surface area contributed by atoms with Crippen molar-refractivity contribution in [3.05, 3.63) is 35.4 Å². The molecule has 0 saturated carbocycles. The van der Waals surface area contributed by atoms with Gasteiger partial charge in [-0.1, -0.05) is 19.9 Å². The summed E-state index contributed by atoms with van der Waals surface area (Å²) < 4.78 is 27.4. The van der Waals surface area contributed by atoms with E-state index in [2.05, 4.69) is 24.1 Å². The van der Waals surface area contributed by atoms with Crippen LogP contribution < -0.4 is 5.32 Å². The Labute approximate surface area is 114 Å². The summed E-state index contributed by atoms with van der Waals surface area (Å²) in [5, 5.41) is 3.32. The zero-order valence-electron chi connectivity index (χ0n) is 12.4. The van der Waals surface area contributed by atoms with E-state index in [9.17, 15) is 8.78 Å². The van der Waals surface area contributed by atoms with Crippen LogP contribution in [-0.2, 0) is 0 Å². The molecule has 4 heteroatoms. The quantitative estimate of drug-likeness (QED) is 0.854. The third-order valence-corrected chi connectivity index (χ3v) is 3.26. The molecule has 0 aliphatic carbocycles. The number of nitrogens with zero attached hydrogens (tertiary/aromatic N) is 1. The van der Waals surface area contributed by atoms with E-state index in [1.54, 1.807) is 6.92 Å². The summed E-state index contributed by atoms with van der Waals surface area (Å²) in [6.07, 6.45) is 0. The Balaban J connectivity index is 2.84. The van der Waals surface area contributed by atoms with Crippen molar-refractivity contribution in [2.24, 2.45) is 5.92 Å². The minimum atomic E-state index is -0.493. The van der Waals surface area contributed by atoms with Crippen LogP contribution in [0.3, 0.4) is 0 Å². The van der Waals surface area contributed by atoms with Gasteiger partial charge in [0.25, 0.3) is 0 Å². The van der Waals surface area contributed by atoms with E-state index in [1.165, 1.54) is 18.2 Å². The molecule has 19 heavy (non-hydrogen) atoms. The molecule has 0 spiro atoms. The number of nitrogens with one attached hydrogen (secondary N) is 1. The van der Waals surface area contributed by atoms with E-state index in [0.29, 0.717) is 5.92 Å². The highest BCUT2D eigenvalue weighted by Gasteiger charge is 2.21. The summed E-state index contributed by atoms with van der Waals surface area (Å²) in [6, 6.07) is 3.82. The first kappa shape index (κ1) is 16.1. The van der Waals surface area contributed by atoms with Crippen molar-refractivity contribution < 1.29 is 8.78 Å². The summed E-state index contributed by atoms with van der Waals surface area (Å²) in [5.74, 6) is -0.598. The topological polar surface area (TPSA) is 15.3 Å². The largest absolute Gasteiger partial charge is 0.308 e. The first-order valence-electron chi connectivity index (χ1n) is 6.67. The Morgan fingerprint density at radius 1 is 1.11 bits per heavy atom. The Bertz CT molecular complexity index is 385. The second kappa shape index (κ2) is 6.96. The van der Waals surface area contributed by atoms with Crippen LogP contribution in [0.25, 0.3) is 0 Å². The van der Waals surface area contributed by atoms with Crippen LogP contribution in [-0.4, -0.2) is 31.6 Å². The Morgan fingerprint density at radius 2 is 1.63 bits per heavy atom. The lowest BCUT2D eigenvalue weighted by Gasteiger charge is -2.29. The molecule has 0 aromatic heterocycles. The molecule has 0 saturated heterocycles. The maximum absolute atomic E-state index is 13.7. The number of halogens is 2. The molecule has 0 aliphatic rings. The third kappa shape index (κ3) is 4.55. The highest BCUT2D eigenvalue weighted by atomic mass is 19.1. The van der Waals surface area contributed by atoms with Crippen LogP contribution in [0.4, 0.5) is 8.78 Å². The van der Waals surface area contributed by atoms with E-state index < -0.39 is 11.6 Å². The Morgan fingerprint density at radius 3 is 2.05 bits per heavy atom. The Kier molecular flexibility index (Phi) is 5.88. The van der Waals surface area contributed by atoms with E-state index in [0.717, 1.165) is 6.54 Å². The molecule has 1 aromatic carbocycles. The van der Waals surface area contributed by atoms with Crippen molar-refractivity contribution in [3.63, 3.8) is 0 Å². The van der Waals surface area contributed by atoms with Crippen LogP contribution in [0.5, 0.6) is 0 Å². The molecule has 1 N–H and O–H groups in total. The van der Waals surface area contributed by atoms with Gasteiger partial charge in [0.15, 0.2) is 0 Å². The summed E-state index contributed by atoms with van der Waals surface area (Å²) in [4.78, 5) is 2.07. The third-order valence-electron chi connectivity index (χ3n) is 3.26. The number of hydrogen-bond donors (Lipinski definition) is 1. The van der Waals surface area contributed by atoms with Gasteiger partial charge >= 0.3 is 0 Å². The average molecular weight is 270 g/mol. The van der Waals surface area contributed by atoms with Gasteiger partial charge in [-0.2, -0.15) is 0 Å². The van der Waals surface area contributed by atoms with E-state index in [1.807, 2.05) is 14.1 Å². The maximum atomic E-state index is 13.7. The van der Waals surface area contributed by atoms with Crippen LogP contribution >= 0.6 is 0 Å². The lowest BCUT2D eigenvalue weighted by molar-refractivity contribution is 0.270. The zero-order valence-corrected chi connectivity index (χ0v) is 12.4. The van der Waals surface area contributed by atoms with Crippen LogP contribution in [0.15, 0.2) is 18.2 Å². The minimum absolute atomic E-state index is 0.118. The lowest BCUT2D eigenvalue weighted by atomic mass is 10.00. The summed E-state index contributed by atoms with van der Waals surface area (Å²) >= 11 is 0. The molecule has 0 aliphatic heterocycles. The number of likely N-dealkylation sites (N-methyl/N-ethyl adjacent to an activating group) is 1.